The second-order valence-electron chi connectivity index (χ2n) is 5.83. The molecule has 0 amide bonds. The van der Waals surface area contributed by atoms with Gasteiger partial charge in [0.05, 0.1) is 6.26 Å². The second kappa shape index (κ2) is 5.14. The number of furan rings is 1. The summed E-state index contributed by atoms with van der Waals surface area (Å²) in [7, 11) is 2.17. The van der Waals surface area contributed by atoms with Crippen molar-refractivity contribution in [3.8, 4) is 11.6 Å². The molecule has 1 fully saturated rings. The van der Waals surface area contributed by atoms with Crippen LogP contribution >= 0.6 is 0 Å². The van der Waals surface area contributed by atoms with Crippen LogP contribution in [0.15, 0.2) is 34.9 Å². The molecule has 4 rings (SSSR count). The highest BCUT2D eigenvalue weighted by molar-refractivity contribution is 5.61. The number of aromatic nitrogens is 3. The predicted molar refractivity (Wildman–Crippen MR) is 85.1 cm³/mol. The van der Waals surface area contributed by atoms with Gasteiger partial charge in [0.15, 0.2) is 11.4 Å². The van der Waals surface area contributed by atoms with E-state index in [-0.39, 0.29) is 0 Å². The van der Waals surface area contributed by atoms with E-state index in [9.17, 15) is 0 Å². The highest BCUT2D eigenvalue weighted by atomic mass is 16.3. The molecule has 6 nitrogen and oxygen atoms in total. The van der Waals surface area contributed by atoms with Crippen molar-refractivity contribution in [1.82, 2.24) is 19.5 Å². The summed E-state index contributed by atoms with van der Waals surface area (Å²) in [6, 6.07) is 8.02. The number of nitrogens with zero attached hydrogens (tertiary/aromatic N) is 5. The molecule has 1 saturated heterocycles. The van der Waals surface area contributed by atoms with Gasteiger partial charge in [-0.15, -0.1) is 5.10 Å². The molecule has 0 spiro atoms. The molecular weight excluding hydrogens is 278 g/mol. The van der Waals surface area contributed by atoms with Crippen LogP contribution in [0.1, 0.15) is 5.69 Å². The lowest BCUT2D eigenvalue weighted by Gasteiger charge is -2.34. The number of likely N-dealkylation sites (N-methyl/N-ethyl adjacent to an activating group) is 1. The largest absolute Gasteiger partial charge is 0.461 e. The van der Waals surface area contributed by atoms with Crippen molar-refractivity contribution in [2.75, 3.05) is 38.1 Å². The Balaban J connectivity index is 1.73. The average molecular weight is 297 g/mol. The number of anilines is 1. The van der Waals surface area contributed by atoms with Crippen molar-refractivity contribution in [3.63, 3.8) is 0 Å². The van der Waals surface area contributed by atoms with Gasteiger partial charge in [-0.05, 0) is 32.2 Å². The fourth-order valence-electron chi connectivity index (χ4n) is 2.88. The highest BCUT2D eigenvalue weighted by Gasteiger charge is 2.17. The third-order valence-electron chi connectivity index (χ3n) is 4.21. The van der Waals surface area contributed by atoms with Crippen molar-refractivity contribution in [2.24, 2.45) is 0 Å². The lowest BCUT2D eigenvalue weighted by atomic mass is 10.2. The maximum Gasteiger partial charge on any atom is 0.217 e. The molecule has 6 heteroatoms. The molecule has 0 aliphatic carbocycles. The van der Waals surface area contributed by atoms with E-state index in [0.717, 1.165) is 37.5 Å². The molecule has 0 saturated carbocycles. The van der Waals surface area contributed by atoms with Gasteiger partial charge in [-0.3, -0.25) is 0 Å². The van der Waals surface area contributed by atoms with Crippen LogP contribution in [0, 0.1) is 6.92 Å². The molecule has 0 bridgehead atoms. The van der Waals surface area contributed by atoms with Gasteiger partial charge in [0, 0.05) is 43.6 Å². The molecule has 0 atom stereocenters. The zero-order valence-electron chi connectivity index (χ0n) is 12.9. The molecule has 0 aromatic carbocycles. The molecule has 114 valence electrons. The maximum atomic E-state index is 5.39. The lowest BCUT2D eigenvalue weighted by Crippen LogP contribution is -2.44. The molecular formula is C16H19N5O. The molecule has 4 heterocycles. The summed E-state index contributed by atoms with van der Waals surface area (Å²) in [5, 5.41) is 4.54. The Morgan fingerprint density at radius 1 is 1.14 bits per heavy atom. The number of hydrogen-bond donors (Lipinski definition) is 0. The number of rotatable bonds is 2. The topological polar surface area (TPSA) is 49.8 Å². The first kappa shape index (κ1) is 13.3. The molecule has 0 unspecified atom stereocenters. The van der Waals surface area contributed by atoms with Crippen molar-refractivity contribution < 1.29 is 4.42 Å². The highest BCUT2D eigenvalue weighted by Crippen LogP contribution is 2.23. The molecule has 0 N–H and O–H groups in total. The predicted octanol–water partition coefficient (Wildman–Crippen LogP) is 2.05. The Kier molecular flexibility index (Phi) is 3.11. The minimum absolute atomic E-state index is 0.628. The average Bonchev–Trinajstić information content (AvgIpc) is 3.17. The van der Waals surface area contributed by atoms with E-state index in [1.54, 1.807) is 6.26 Å². The molecule has 22 heavy (non-hydrogen) atoms. The first-order valence-corrected chi connectivity index (χ1v) is 7.55. The summed E-state index contributed by atoms with van der Waals surface area (Å²) in [5.41, 5.74) is 3.16. The summed E-state index contributed by atoms with van der Waals surface area (Å²) in [5.74, 6) is 1.33. The van der Waals surface area contributed by atoms with Crippen LogP contribution in [0.2, 0.25) is 0 Å². The van der Waals surface area contributed by atoms with Crippen LogP contribution in [0.25, 0.3) is 17.2 Å². The van der Waals surface area contributed by atoms with Crippen LogP contribution in [0.5, 0.6) is 0 Å². The molecule has 1 aliphatic heterocycles. The Morgan fingerprint density at radius 3 is 2.68 bits per heavy atom. The molecule has 1 aliphatic rings. The van der Waals surface area contributed by atoms with E-state index in [2.05, 4.69) is 46.0 Å². The lowest BCUT2D eigenvalue weighted by molar-refractivity contribution is 0.313. The van der Waals surface area contributed by atoms with Crippen molar-refractivity contribution in [3.05, 3.63) is 36.2 Å². The van der Waals surface area contributed by atoms with Crippen molar-refractivity contribution in [2.45, 2.75) is 6.92 Å². The Bertz CT molecular complexity index is 784. The minimum atomic E-state index is 0.628. The van der Waals surface area contributed by atoms with Gasteiger partial charge in [-0.2, -0.15) is 0 Å². The first-order chi connectivity index (χ1) is 10.7. The van der Waals surface area contributed by atoms with Crippen LogP contribution in [-0.2, 0) is 0 Å². The van der Waals surface area contributed by atoms with Crippen LogP contribution in [-0.4, -0.2) is 52.7 Å². The number of piperazine rings is 1. The summed E-state index contributed by atoms with van der Waals surface area (Å²) in [6.45, 7) is 6.34. The maximum absolute atomic E-state index is 5.39. The summed E-state index contributed by atoms with van der Waals surface area (Å²) in [6.07, 6.45) is 1.64. The van der Waals surface area contributed by atoms with E-state index in [1.165, 1.54) is 5.69 Å². The van der Waals surface area contributed by atoms with Gasteiger partial charge in [-0.25, -0.2) is 9.50 Å². The van der Waals surface area contributed by atoms with Crippen LogP contribution in [0.4, 0.5) is 5.69 Å². The Morgan fingerprint density at radius 2 is 1.95 bits per heavy atom. The Labute approximate surface area is 129 Å². The number of fused-ring (bicyclic) bond motifs is 1. The van der Waals surface area contributed by atoms with E-state index < -0.39 is 0 Å². The van der Waals surface area contributed by atoms with Gasteiger partial charge in [0.25, 0.3) is 0 Å². The summed E-state index contributed by atoms with van der Waals surface area (Å²) >= 11 is 0. The van der Waals surface area contributed by atoms with E-state index in [0.29, 0.717) is 11.6 Å². The minimum Gasteiger partial charge on any atom is -0.461 e. The van der Waals surface area contributed by atoms with E-state index in [1.807, 2.05) is 16.6 Å². The van der Waals surface area contributed by atoms with Gasteiger partial charge >= 0.3 is 0 Å². The van der Waals surface area contributed by atoms with Gasteiger partial charge < -0.3 is 14.2 Å². The molecule has 3 aromatic rings. The third kappa shape index (κ3) is 2.25. The van der Waals surface area contributed by atoms with Gasteiger partial charge in [0.1, 0.15) is 0 Å². The quantitative estimate of drug-likeness (QED) is 0.724. The van der Waals surface area contributed by atoms with E-state index >= 15 is 0 Å². The molecule has 0 radical (unpaired) electrons. The molecule has 3 aromatic heterocycles. The Hall–Kier alpha value is -2.34. The van der Waals surface area contributed by atoms with Crippen molar-refractivity contribution >= 4 is 11.3 Å². The van der Waals surface area contributed by atoms with Crippen LogP contribution < -0.4 is 4.90 Å². The second-order valence-corrected chi connectivity index (χ2v) is 5.83. The van der Waals surface area contributed by atoms with E-state index in [4.69, 9.17) is 4.42 Å². The zero-order chi connectivity index (χ0) is 15.1. The SMILES string of the molecule is Cc1cc(N2CCN(C)CC2)cc2nc(-c3ccco3)nn12. The number of aryl methyl sites for hydroxylation is 1. The first-order valence-electron chi connectivity index (χ1n) is 7.55. The fraction of sp³-hybridized carbons (Fsp3) is 0.375. The van der Waals surface area contributed by atoms with Gasteiger partial charge in [-0.1, -0.05) is 0 Å². The summed E-state index contributed by atoms with van der Waals surface area (Å²) < 4.78 is 7.27. The zero-order valence-corrected chi connectivity index (χ0v) is 12.9. The van der Waals surface area contributed by atoms with Crippen LogP contribution in [0.3, 0.4) is 0 Å². The standard InChI is InChI=1S/C16H19N5O/c1-12-10-13(20-7-5-19(2)6-8-20)11-15-17-16(18-21(12)15)14-4-3-9-22-14/h3-4,9-11H,5-8H2,1-2H3. The van der Waals surface area contributed by atoms with Gasteiger partial charge in [0.2, 0.25) is 5.82 Å². The summed E-state index contributed by atoms with van der Waals surface area (Å²) in [4.78, 5) is 9.37. The number of hydrogen-bond acceptors (Lipinski definition) is 5. The normalized spacial score (nSPS) is 16.5. The smallest absolute Gasteiger partial charge is 0.217 e. The monoisotopic (exact) mass is 297 g/mol. The third-order valence-corrected chi connectivity index (χ3v) is 4.21. The van der Waals surface area contributed by atoms with Crippen molar-refractivity contribution in [1.29, 1.82) is 0 Å². The fourth-order valence-corrected chi connectivity index (χ4v) is 2.88. The number of pyridine rings is 1.